The lowest BCUT2D eigenvalue weighted by Gasteiger charge is -2.37. The van der Waals surface area contributed by atoms with E-state index in [-0.39, 0.29) is 24.2 Å². The Morgan fingerprint density at radius 1 is 1.13 bits per heavy atom. The fourth-order valence-electron chi connectivity index (χ4n) is 3.87. The first-order valence-corrected chi connectivity index (χ1v) is 9.75. The van der Waals surface area contributed by atoms with Crippen LogP contribution in [0, 0.1) is 5.82 Å². The van der Waals surface area contributed by atoms with Crippen LogP contribution in [-0.2, 0) is 17.8 Å². The van der Waals surface area contributed by atoms with Crippen LogP contribution in [0.2, 0.25) is 0 Å². The van der Waals surface area contributed by atoms with Gasteiger partial charge in [-0.25, -0.2) is 4.39 Å². The maximum atomic E-state index is 13.4. The van der Waals surface area contributed by atoms with E-state index in [4.69, 9.17) is 8.94 Å². The molecule has 1 unspecified atom stereocenters. The number of benzene rings is 1. The number of aromatic nitrogens is 3. The SMILES string of the molecule is O=C(CCc1nc(-c2ccco2)no1)N1CCn2cccc2C1c1ccc(F)cc1. The Morgan fingerprint density at radius 2 is 2.00 bits per heavy atom. The minimum atomic E-state index is -0.299. The first-order chi connectivity index (χ1) is 14.7. The molecule has 30 heavy (non-hydrogen) atoms. The van der Waals surface area contributed by atoms with Crippen molar-refractivity contribution in [3.05, 3.63) is 84.0 Å². The van der Waals surface area contributed by atoms with Gasteiger partial charge in [0.1, 0.15) is 5.82 Å². The highest BCUT2D eigenvalue weighted by Gasteiger charge is 2.32. The van der Waals surface area contributed by atoms with Crippen molar-refractivity contribution in [3.63, 3.8) is 0 Å². The van der Waals surface area contributed by atoms with Crippen molar-refractivity contribution >= 4 is 5.91 Å². The zero-order valence-electron chi connectivity index (χ0n) is 16.1. The topological polar surface area (TPSA) is 77.3 Å². The van der Waals surface area contributed by atoms with E-state index >= 15 is 0 Å². The van der Waals surface area contributed by atoms with Crippen LogP contribution in [0.3, 0.4) is 0 Å². The summed E-state index contributed by atoms with van der Waals surface area (Å²) in [5.74, 6) is 0.946. The summed E-state index contributed by atoms with van der Waals surface area (Å²) in [5, 5.41) is 3.90. The molecule has 3 aromatic heterocycles. The van der Waals surface area contributed by atoms with Crippen molar-refractivity contribution in [1.82, 2.24) is 19.6 Å². The molecule has 4 aromatic rings. The number of fused-ring (bicyclic) bond motifs is 1. The van der Waals surface area contributed by atoms with E-state index in [0.717, 1.165) is 17.8 Å². The molecule has 8 heteroatoms. The van der Waals surface area contributed by atoms with E-state index in [9.17, 15) is 9.18 Å². The van der Waals surface area contributed by atoms with Crippen LogP contribution in [0.15, 0.2) is 69.9 Å². The monoisotopic (exact) mass is 406 g/mol. The standard InChI is InChI=1S/C22H19FN4O3/c23-16-7-5-15(6-8-16)21-17-3-1-11-26(17)12-13-27(21)20(28)10-9-19-24-22(25-30-19)18-4-2-14-29-18/h1-8,11,14,21H,9-10,12-13H2. The molecule has 0 N–H and O–H groups in total. The maximum absolute atomic E-state index is 13.4. The molecule has 5 rings (SSSR count). The van der Waals surface area contributed by atoms with E-state index in [1.54, 1.807) is 24.3 Å². The lowest BCUT2D eigenvalue weighted by molar-refractivity contribution is -0.134. The molecule has 7 nitrogen and oxygen atoms in total. The number of carbonyl (C=O) groups excluding carboxylic acids is 1. The van der Waals surface area contributed by atoms with Crippen LogP contribution in [0.25, 0.3) is 11.6 Å². The van der Waals surface area contributed by atoms with Gasteiger partial charge in [-0.1, -0.05) is 17.3 Å². The van der Waals surface area contributed by atoms with Crippen molar-refractivity contribution in [2.45, 2.75) is 25.4 Å². The van der Waals surface area contributed by atoms with Crippen LogP contribution in [0.1, 0.15) is 29.6 Å². The highest BCUT2D eigenvalue weighted by molar-refractivity contribution is 5.77. The Hall–Kier alpha value is -3.68. The third-order valence-corrected chi connectivity index (χ3v) is 5.31. The number of carbonyl (C=O) groups is 1. The predicted molar refractivity (Wildman–Crippen MR) is 105 cm³/mol. The average molecular weight is 406 g/mol. The molecule has 0 radical (unpaired) electrons. The van der Waals surface area contributed by atoms with Gasteiger partial charge in [0.05, 0.1) is 12.3 Å². The summed E-state index contributed by atoms with van der Waals surface area (Å²) in [6, 6.07) is 13.5. The Bertz CT molecular complexity index is 1150. The van der Waals surface area contributed by atoms with Gasteiger partial charge in [-0.15, -0.1) is 0 Å². The van der Waals surface area contributed by atoms with Crippen molar-refractivity contribution < 1.29 is 18.1 Å². The molecule has 0 fully saturated rings. The summed E-state index contributed by atoms with van der Waals surface area (Å²) in [6.45, 7) is 1.29. The van der Waals surface area contributed by atoms with Crippen LogP contribution in [-0.4, -0.2) is 32.1 Å². The van der Waals surface area contributed by atoms with Gasteiger partial charge in [0.2, 0.25) is 17.6 Å². The Labute approximate surface area is 171 Å². The van der Waals surface area contributed by atoms with Gasteiger partial charge in [-0.3, -0.25) is 4.79 Å². The van der Waals surface area contributed by atoms with Gasteiger partial charge in [-0.05, 0) is 42.0 Å². The Kier molecular flexibility index (Phi) is 4.66. The molecular weight excluding hydrogens is 387 g/mol. The van der Waals surface area contributed by atoms with Crippen molar-refractivity contribution in [1.29, 1.82) is 0 Å². The van der Waals surface area contributed by atoms with E-state index in [2.05, 4.69) is 14.7 Å². The summed E-state index contributed by atoms with van der Waals surface area (Å²) in [5.41, 5.74) is 1.89. The summed E-state index contributed by atoms with van der Waals surface area (Å²) in [7, 11) is 0. The molecular formula is C22H19FN4O3. The fourth-order valence-corrected chi connectivity index (χ4v) is 3.87. The molecule has 0 saturated heterocycles. The van der Waals surface area contributed by atoms with Gasteiger partial charge in [0, 0.05) is 37.8 Å². The van der Waals surface area contributed by atoms with Crippen molar-refractivity contribution in [3.8, 4) is 11.6 Å². The number of furan rings is 1. The van der Waals surface area contributed by atoms with Crippen molar-refractivity contribution in [2.24, 2.45) is 0 Å². The minimum absolute atomic E-state index is 0.0190. The van der Waals surface area contributed by atoms with E-state index in [1.807, 2.05) is 23.2 Å². The zero-order chi connectivity index (χ0) is 20.5. The third-order valence-electron chi connectivity index (χ3n) is 5.31. The van der Waals surface area contributed by atoms with E-state index < -0.39 is 0 Å². The molecule has 1 aliphatic rings. The van der Waals surface area contributed by atoms with Gasteiger partial charge < -0.3 is 18.4 Å². The number of hydrogen-bond acceptors (Lipinski definition) is 5. The smallest absolute Gasteiger partial charge is 0.238 e. The number of hydrogen-bond donors (Lipinski definition) is 0. The maximum Gasteiger partial charge on any atom is 0.238 e. The zero-order valence-corrected chi connectivity index (χ0v) is 16.1. The van der Waals surface area contributed by atoms with Crippen LogP contribution >= 0.6 is 0 Å². The highest BCUT2D eigenvalue weighted by atomic mass is 19.1. The summed E-state index contributed by atoms with van der Waals surface area (Å²) >= 11 is 0. The average Bonchev–Trinajstić information content (AvgIpc) is 3.53. The molecule has 0 saturated carbocycles. The molecule has 1 atom stereocenters. The second kappa shape index (κ2) is 7.62. The summed E-state index contributed by atoms with van der Waals surface area (Å²) < 4.78 is 26.1. The first-order valence-electron chi connectivity index (χ1n) is 9.75. The fraction of sp³-hybridized carbons (Fsp3) is 0.227. The Balaban J connectivity index is 1.34. The van der Waals surface area contributed by atoms with Gasteiger partial charge in [-0.2, -0.15) is 4.98 Å². The molecule has 0 bridgehead atoms. The normalized spacial score (nSPS) is 15.9. The molecule has 0 spiro atoms. The molecule has 152 valence electrons. The second-order valence-corrected chi connectivity index (χ2v) is 7.16. The Morgan fingerprint density at radius 3 is 2.80 bits per heavy atom. The predicted octanol–water partition coefficient (Wildman–Crippen LogP) is 3.83. The largest absolute Gasteiger partial charge is 0.461 e. The lowest BCUT2D eigenvalue weighted by atomic mass is 9.99. The van der Waals surface area contributed by atoms with E-state index in [1.165, 1.54) is 18.4 Å². The van der Waals surface area contributed by atoms with Gasteiger partial charge in [0.15, 0.2) is 5.76 Å². The van der Waals surface area contributed by atoms with E-state index in [0.29, 0.717) is 30.4 Å². The third kappa shape index (κ3) is 3.41. The summed E-state index contributed by atoms with van der Waals surface area (Å²) in [6.07, 6.45) is 4.11. The second-order valence-electron chi connectivity index (χ2n) is 7.16. The van der Waals surface area contributed by atoms with Crippen LogP contribution in [0.4, 0.5) is 4.39 Å². The molecule has 1 aliphatic heterocycles. The number of nitrogens with zero attached hydrogens (tertiary/aromatic N) is 4. The van der Waals surface area contributed by atoms with Crippen molar-refractivity contribution in [2.75, 3.05) is 6.54 Å². The lowest BCUT2D eigenvalue weighted by Crippen LogP contribution is -2.42. The molecule has 4 heterocycles. The first kappa shape index (κ1) is 18.4. The summed E-state index contributed by atoms with van der Waals surface area (Å²) in [4.78, 5) is 19.3. The van der Waals surface area contributed by atoms with Gasteiger partial charge in [0.25, 0.3) is 0 Å². The minimum Gasteiger partial charge on any atom is -0.461 e. The molecule has 1 aromatic carbocycles. The number of rotatable bonds is 5. The van der Waals surface area contributed by atoms with Crippen LogP contribution in [0.5, 0.6) is 0 Å². The molecule has 0 aliphatic carbocycles. The van der Waals surface area contributed by atoms with Crippen LogP contribution < -0.4 is 0 Å². The van der Waals surface area contributed by atoms with Gasteiger partial charge >= 0.3 is 0 Å². The highest BCUT2D eigenvalue weighted by Crippen LogP contribution is 2.33. The number of aryl methyl sites for hydroxylation is 1. The number of halogens is 1. The number of amides is 1. The molecule has 1 amide bonds. The quantitative estimate of drug-likeness (QED) is 0.503.